The molecular weight excluding hydrogens is 687 g/mol. The Bertz CT molecular complexity index is 2920. The van der Waals surface area contributed by atoms with Crippen LogP contribution in [0.25, 0.3) is 66.2 Å². The van der Waals surface area contributed by atoms with E-state index in [2.05, 4.69) is 241 Å². The number of para-hydroxylation sites is 2. The fourth-order valence-electron chi connectivity index (χ4n) is 8.35. The third-order valence-corrected chi connectivity index (χ3v) is 11.0. The van der Waals surface area contributed by atoms with Gasteiger partial charge in [0.05, 0.1) is 0 Å². The molecule has 0 amide bonds. The standard InChI is InChI=1S/C56H39N/c1-4-17-42(18-5-1)54(43-34-36-49(37-35-43)57(47-20-6-2-7-21-47)48-22-8-3-9-23-48)38-40-28-30-44(31-29-40)55-50-24-12-14-26-52(50)56(53-27-15-13-25-51(53)55)46-33-32-41-16-10-11-19-45(41)39-46/h1-39H/b54-38+. The Morgan fingerprint density at radius 2 is 0.737 bits per heavy atom. The molecule has 0 bridgehead atoms. The van der Waals surface area contributed by atoms with Gasteiger partial charge >= 0.3 is 0 Å². The molecule has 0 atom stereocenters. The lowest BCUT2D eigenvalue weighted by atomic mass is 9.85. The fourth-order valence-corrected chi connectivity index (χ4v) is 8.35. The lowest BCUT2D eigenvalue weighted by Gasteiger charge is -2.25. The zero-order valence-corrected chi connectivity index (χ0v) is 31.5. The predicted molar refractivity (Wildman–Crippen MR) is 244 cm³/mol. The number of benzene rings is 10. The molecule has 0 saturated heterocycles. The summed E-state index contributed by atoms with van der Waals surface area (Å²) in [6.07, 6.45) is 2.32. The van der Waals surface area contributed by atoms with E-state index >= 15 is 0 Å². The van der Waals surface area contributed by atoms with Gasteiger partial charge in [0.1, 0.15) is 0 Å². The minimum absolute atomic E-state index is 1.11. The maximum atomic E-state index is 2.34. The van der Waals surface area contributed by atoms with Gasteiger partial charge in [0.25, 0.3) is 0 Å². The smallest absolute Gasteiger partial charge is 0.0462 e. The van der Waals surface area contributed by atoms with E-state index in [4.69, 9.17) is 0 Å². The molecule has 268 valence electrons. The lowest BCUT2D eigenvalue weighted by Crippen LogP contribution is -2.09. The molecule has 10 aromatic carbocycles. The van der Waals surface area contributed by atoms with Crippen molar-refractivity contribution in [2.45, 2.75) is 0 Å². The van der Waals surface area contributed by atoms with Gasteiger partial charge in [-0.25, -0.2) is 0 Å². The molecule has 0 aliphatic carbocycles. The Labute approximate surface area is 334 Å². The molecule has 0 N–H and O–H groups in total. The number of hydrogen-bond donors (Lipinski definition) is 0. The molecule has 1 heteroatoms. The number of fused-ring (bicyclic) bond motifs is 3. The molecule has 10 rings (SSSR count). The quantitative estimate of drug-likeness (QED) is 0.111. The molecule has 0 saturated carbocycles. The molecule has 0 radical (unpaired) electrons. The summed E-state index contributed by atoms with van der Waals surface area (Å²) in [6.45, 7) is 0. The van der Waals surface area contributed by atoms with Gasteiger partial charge in [-0.3, -0.25) is 0 Å². The summed E-state index contributed by atoms with van der Waals surface area (Å²) in [5.41, 5.74) is 13.0. The SMILES string of the molecule is C(=C(/c1ccccc1)c1ccc(N(c2ccccc2)c2ccccc2)cc1)/c1ccc(-c2c3ccccc3c(-c3ccc4ccccc4c3)c3ccccc23)cc1. The molecule has 0 heterocycles. The molecule has 57 heavy (non-hydrogen) atoms. The summed E-state index contributed by atoms with van der Waals surface area (Å²) >= 11 is 0. The fraction of sp³-hybridized carbons (Fsp3) is 0. The second kappa shape index (κ2) is 15.0. The summed E-state index contributed by atoms with van der Waals surface area (Å²) in [5, 5.41) is 7.55. The van der Waals surface area contributed by atoms with Crippen LogP contribution in [0, 0.1) is 0 Å². The zero-order valence-electron chi connectivity index (χ0n) is 31.5. The highest BCUT2D eigenvalue weighted by Crippen LogP contribution is 2.44. The van der Waals surface area contributed by atoms with Crippen LogP contribution >= 0.6 is 0 Å². The number of rotatable bonds is 8. The maximum Gasteiger partial charge on any atom is 0.0462 e. The first-order valence-electron chi connectivity index (χ1n) is 19.6. The maximum absolute atomic E-state index is 2.34. The second-order valence-electron chi connectivity index (χ2n) is 14.5. The van der Waals surface area contributed by atoms with E-state index in [0.29, 0.717) is 0 Å². The van der Waals surface area contributed by atoms with Crippen molar-refractivity contribution in [1.29, 1.82) is 0 Å². The average molecular weight is 726 g/mol. The van der Waals surface area contributed by atoms with Crippen molar-refractivity contribution in [3.8, 4) is 22.3 Å². The van der Waals surface area contributed by atoms with Crippen molar-refractivity contribution >= 4 is 61.0 Å². The van der Waals surface area contributed by atoms with Crippen molar-refractivity contribution in [2.75, 3.05) is 4.90 Å². The normalized spacial score (nSPS) is 11.6. The van der Waals surface area contributed by atoms with E-state index in [1.54, 1.807) is 0 Å². The van der Waals surface area contributed by atoms with E-state index in [0.717, 1.165) is 28.2 Å². The topological polar surface area (TPSA) is 3.24 Å². The Morgan fingerprint density at radius 1 is 0.316 bits per heavy atom. The van der Waals surface area contributed by atoms with Crippen LogP contribution in [0.3, 0.4) is 0 Å². The first-order valence-corrected chi connectivity index (χ1v) is 19.6. The van der Waals surface area contributed by atoms with Gasteiger partial charge < -0.3 is 4.90 Å². The number of hydrogen-bond acceptors (Lipinski definition) is 1. The predicted octanol–water partition coefficient (Wildman–Crippen LogP) is 15.5. The molecule has 0 aliphatic heterocycles. The summed E-state index contributed by atoms with van der Waals surface area (Å²) in [6, 6.07) is 83.1. The van der Waals surface area contributed by atoms with Crippen molar-refractivity contribution < 1.29 is 0 Å². The summed E-state index contributed by atoms with van der Waals surface area (Å²) in [7, 11) is 0. The van der Waals surface area contributed by atoms with E-state index in [9.17, 15) is 0 Å². The molecule has 0 fully saturated rings. The summed E-state index contributed by atoms with van der Waals surface area (Å²) in [5.74, 6) is 0. The van der Waals surface area contributed by atoms with Crippen molar-refractivity contribution in [1.82, 2.24) is 0 Å². The van der Waals surface area contributed by atoms with Gasteiger partial charge in [0.2, 0.25) is 0 Å². The summed E-state index contributed by atoms with van der Waals surface area (Å²) in [4.78, 5) is 2.30. The molecule has 0 unspecified atom stereocenters. The largest absolute Gasteiger partial charge is 0.311 e. The zero-order chi connectivity index (χ0) is 38.0. The van der Waals surface area contributed by atoms with Crippen LogP contribution in [0.1, 0.15) is 16.7 Å². The van der Waals surface area contributed by atoms with Crippen LogP contribution in [0.2, 0.25) is 0 Å². The molecule has 10 aromatic rings. The first kappa shape index (κ1) is 34.0. The van der Waals surface area contributed by atoms with Gasteiger partial charge in [-0.2, -0.15) is 0 Å². The molecule has 0 spiro atoms. The van der Waals surface area contributed by atoms with Crippen molar-refractivity contribution in [2.24, 2.45) is 0 Å². The highest BCUT2D eigenvalue weighted by atomic mass is 15.1. The summed E-state index contributed by atoms with van der Waals surface area (Å²) < 4.78 is 0. The van der Waals surface area contributed by atoms with Crippen molar-refractivity contribution in [3.63, 3.8) is 0 Å². The van der Waals surface area contributed by atoms with E-state index in [1.807, 2.05) is 0 Å². The Balaban J connectivity index is 1.06. The van der Waals surface area contributed by atoms with E-state index in [-0.39, 0.29) is 0 Å². The third-order valence-electron chi connectivity index (χ3n) is 11.0. The van der Waals surface area contributed by atoms with Gasteiger partial charge in [0, 0.05) is 17.1 Å². The third kappa shape index (κ3) is 6.56. The average Bonchev–Trinajstić information content (AvgIpc) is 3.29. The minimum Gasteiger partial charge on any atom is -0.311 e. The van der Waals surface area contributed by atoms with Gasteiger partial charge in [-0.05, 0) is 125 Å². The van der Waals surface area contributed by atoms with Crippen LogP contribution in [0.5, 0.6) is 0 Å². The van der Waals surface area contributed by atoms with Crippen molar-refractivity contribution in [3.05, 3.63) is 247 Å². The minimum atomic E-state index is 1.11. The molecular formula is C56H39N. The second-order valence-corrected chi connectivity index (χ2v) is 14.5. The van der Waals surface area contributed by atoms with Gasteiger partial charge in [-0.1, -0.05) is 188 Å². The highest BCUT2D eigenvalue weighted by Gasteiger charge is 2.17. The Morgan fingerprint density at radius 3 is 1.30 bits per heavy atom. The van der Waals surface area contributed by atoms with E-state index < -0.39 is 0 Å². The van der Waals surface area contributed by atoms with Crippen LogP contribution in [0.15, 0.2) is 231 Å². The Kier molecular flexibility index (Phi) is 8.95. The first-order chi connectivity index (χ1) is 28.3. The van der Waals surface area contributed by atoms with E-state index in [1.165, 1.54) is 65.7 Å². The number of nitrogens with zero attached hydrogens (tertiary/aromatic N) is 1. The van der Waals surface area contributed by atoms with Gasteiger partial charge in [-0.15, -0.1) is 0 Å². The van der Waals surface area contributed by atoms with Crippen LogP contribution in [-0.4, -0.2) is 0 Å². The molecule has 1 nitrogen and oxygen atoms in total. The number of anilines is 3. The van der Waals surface area contributed by atoms with Gasteiger partial charge in [0.15, 0.2) is 0 Å². The Hall–Kier alpha value is -7.48. The highest BCUT2D eigenvalue weighted by molar-refractivity contribution is 6.21. The van der Waals surface area contributed by atoms with Crippen LogP contribution in [0.4, 0.5) is 17.1 Å². The van der Waals surface area contributed by atoms with Crippen LogP contribution < -0.4 is 4.90 Å². The lowest BCUT2D eigenvalue weighted by molar-refractivity contribution is 1.28. The van der Waals surface area contributed by atoms with Crippen LogP contribution in [-0.2, 0) is 0 Å². The molecule has 0 aromatic heterocycles. The monoisotopic (exact) mass is 725 g/mol. The molecule has 0 aliphatic rings.